The summed E-state index contributed by atoms with van der Waals surface area (Å²) in [6, 6.07) is 5.50. The molecule has 0 N–H and O–H groups in total. The van der Waals surface area contributed by atoms with Crippen LogP contribution in [0.3, 0.4) is 0 Å². The predicted molar refractivity (Wildman–Crippen MR) is 58.7 cm³/mol. The van der Waals surface area contributed by atoms with Crippen molar-refractivity contribution in [2.45, 2.75) is 0 Å². The van der Waals surface area contributed by atoms with Crippen molar-refractivity contribution in [3.8, 4) is 0 Å². The van der Waals surface area contributed by atoms with Crippen LogP contribution in [0.1, 0.15) is 0 Å². The topological polar surface area (TPSA) is 3.24 Å². The molecule has 0 saturated heterocycles. The molecule has 0 aromatic heterocycles. The predicted octanol–water partition coefficient (Wildman–Crippen LogP) is 3.32. The van der Waals surface area contributed by atoms with E-state index in [1.54, 1.807) is 6.07 Å². The van der Waals surface area contributed by atoms with E-state index in [1.807, 2.05) is 24.1 Å². The molecule has 4 heteroatoms. The average Bonchev–Trinajstić information content (AvgIpc) is 2.08. The Labute approximate surface area is 87.7 Å². The zero-order valence-corrected chi connectivity index (χ0v) is 9.00. The molecule has 0 unspecified atom stereocenters. The Hall–Kier alpha value is -0.0500. The van der Waals surface area contributed by atoms with E-state index in [0.717, 1.165) is 5.69 Å². The van der Waals surface area contributed by atoms with Crippen LogP contribution in [0, 0.1) is 0 Å². The maximum atomic E-state index is 5.83. The smallest absolute Gasteiger partial charge is 0.0612 e. The van der Waals surface area contributed by atoms with Crippen LogP contribution in [0.15, 0.2) is 18.2 Å². The van der Waals surface area contributed by atoms with Crippen molar-refractivity contribution in [1.82, 2.24) is 0 Å². The molecule has 1 nitrogen and oxygen atoms in total. The van der Waals surface area contributed by atoms with Crippen molar-refractivity contribution >= 4 is 41.5 Å². The second kappa shape index (κ2) is 4.26. The fraction of sp³-hybridized carbons (Fsp3) is 0.250. The number of anilines is 1. The highest BCUT2D eigenvalue weighted by Crippen LogP contribution is 2.26. The van der Waals surface area contributed by atoms with E-state index in [0.29, 0.717) is 15.9 Å². The summed E-state index contributed by atoms with van der Waals surface area (Å²) in [6.07, 6.45) is 0. The third kappa shape index (κ3) is 2.22. The Balaban J connectivity index is 2.96. The molecule has 0 spiro atoms. The van der Waals surface area contributed by atoms with Crippen LogP contribution in [-0.4, -0.2) is 12.9 Å². The summed E-state index contributed by atoms with van der Waals surface area (Å²) in [6.45, 7) is 0. The van der Waals surface area contributed by atoms with E-state index in [1.165, 1.54) is 0 Å². The summed E-state index contributed by atoms with van der Waals surface area (Å²) in [5.74, 6) is 0.651. The molecule has 12 heavy (non-hydrogen) atoms. The van der Waals surface area contributed by atoms with E-state index in [2.05, 4.69) is 12.6 Å². The van der Waals surface area contributed by atoms with E-state index in [4.69, 9.17) is 23.2 Å². The van der Waals surface area contributed by atoms with Gasteiger partial charge in [-0.05, 0) is 18.2 Å². The van der Waals surface area contributed by atoms with Gasteiger partial charge in [0.25, 0.3) is 0 Å². The normalized spacial score (nSPS) is 10.0. The number of halogens is 2. The minimum Gasteiger partial charge on any atom is -0.366 e. The molecule has 1 rings (SSSR count). The summed E-state index contributed by atoms with van der Waals surface area (Å²) in [4.78, 5) is 1.96. The largest absolute Gasteiger partial charge is 0.366 e. The van der Waals surface area contributed by atoms with Crippen molar-refractivity contribution in [2.75, 3.05) is 17.8 Å². The number of rotatable bonds is 2. The van der Waals surface area contributed by atoms with Crippen molar-refractivity contribution in [3.63, 3.8) is 0 Å². The molecule has 0 fully saturated rings. The van der Waals surface area contributed by atoms with E-state index in [9.17, 15) is 0 Å². The van der Waals surface area contributed by atoms with Gasteiger partial charge in [0.05, 0.1) is 15.9 Å². The van der Waals surface area contributed by atoms with Crippen molar-refractivity contribution < 1.29 is 0 Å². The summed E-state index contributed by atoms with van der Waals surface area (Å²) >= 11 is 15.7. The Kier molecular flexibility index (Phi) is 3.56. The van der Waals surface area contributed by atoms with Gasteiger partial charge in [0.2, 0.25) is 0 Å². The highest BCUT2D eigenvalue weighted by Gasteiger charge is 2.01. The molecular weight excluding hydrogens is 213 g/mol. The highest BCUT2D eigenvalue weighted by molar-refractivity contribution is 7.80. The lowest BCUT2D eigenvalue weighted by Crippen LogP contribution is -2.13. The van der Waals surface area contributed by atoms with Gasteiger partial charge in [-0.2, -0.15) is 12.6 Å². The quantitative estimate of drug-likeness (QED) is 0.593. The summed E-state index contributed by atoms with van der Waals surface area (Å²) in [5.41, 5.74) is 1.01. The van der Waals surface area contributed by atoms with Crippen molar-refractivity contribution in [3.05, 3.63) is 28.2 Å². The van der Waals surface area contributed by atoms with Gasteiger partial charge in [-0.25, -0.2) is 0 Å². The lowest BCUT2D eigenvalue weighted by Gasteiger charge is -2.16. The minimum absolute atomic E-state index is 0.572. The third-order valence-electron chi connectivity index (χ3n) is 1.56. The van der Waals surface area contributed by atoms with Crippen molar-refractivity contribution in [2.24, 2.45) is 0 Å². The van der Waals surface area contributed by atoms with Crippen LogP contribution in [0.2, 0.25) is 10.0 Å². The summed E-state index contributed by atoms with van der Waals surface area (Å²) in [5, 5.41) is 1.15. The van der Waals surface area contributed by atoms with Crippen LogP contribution in [0.4, 0.5) is 5.69 Å². The first-order valence-electron chi connectivity index (χ1n) is 3.42. The number of hydrogen-bond acceptors (Lipinski definition) is 2. The van der Waals surface area contributed by atoms with E-state index < -0.39 is 0 Å². The molecule has 0 bridgehead atoms. The molecule has 0 heterocycles. The molecule has 0 radical (unpaired) electrons. The maximum absolute atomic E-state index is 5.83. The van der Waals surface area contributed by atoms with Crippen LogP contribution in [0.25, 0.3) is 0 Å². The van der Waals surface area contributed by atoms with Gasteiger partial charge in [0, 0.05) is 12.7 Å². The third-order valence-corrected chi connectivity index (χ3v) is 2.72. The van der Waals surface area contributed by atoms with Crippen LogP contribution < -0.4 is 4.90 Å². The van der Waals surface area contributed by atoms with Gasteiger partial charge >= 0.3 is 0 Å². The monoisotopic (exact) mass is 221 g/mol. The number of nitrogens with zero attached hydrogens (tertiary/aromatic N) is 1. The molecule has 1 aromatic carbocycles. The Morgan fingerprint density at radius 1 is 1.33 bits per heavy atom. The van der Waals surface area contributed by atoms with Crippen molar-refractivity contribution in [1.29, 1.82) is 0 Å². The second-order valence-corrected chi connectivity index (χ2v) is 3.54. The lowest BCUT2D eigenvalue weighted by atomic mass is 10.3. The van der Waals surface area contributed by atoms with Gasteiger partial charge < -0.3 is 4.90 Å². The SMILES string of the molecule is CN(CS)c1ccc(Cl)c(Cl)c1. The molecule has 66 valence electrons. The number of thiol groups is 1. The Morgan fingerprint density at radius 3 is 2.50 bits per heavy atom. The first-order chi connectivity index (χ1) is 5.65. The highest BCUT2D eigenvalue weighted by atomic mass is 35.5. The fourth-order valence-corrected chi connectivity index (χ4v) is 1.26. The molecule has 0 aliphatic rings. The van der Waals surface area contributed by atoms with Gasteiger partial charge in [0.15, 0.2) is 0 Å². The first-order valence-corrected chi connectivity index (χ1v) is 4.81. The molecule has 1 aromatic rings. The second-order valence-electron chi connectivity index (χ2n) is 2.44. The molecule has 0 saturated carbocycles. The minimum atomic E-state index is 0.572. The molecule has 0 atom stereocenters. The molecular formula is C8H9Cl2NS. The van der Waals surface area contributed by atoms with Crippen LogP contribution >= 0.6 is 35.8 Å². The Morgan fingerprint density at radius 2 is 2.00 bits per heavy atom. The standard InChI is InChI=1S/C8H9Cl2NS/c1-11(5-12)6-2-3-7(9)8(10)4-6/h2-4,12H,5H2,1H3. The lowest BCUT2D eigenvalue weighted by molar-refractivity contribution is 1.10. The van der Waals surface area contributed by atoms with Gasteiger partial charge in [-0.1, -0.05) is 23.2 Å². The van der Waals surface area contributed by atoms with Gasteiger partial charge in [0.1, 0.15) is 0 Å². The molecule has 0 aliphatic heterocycles. The van der Waals surface area contributed by atoms with E-state index >= 15 is 0 Å². The van der Waals surface area contributed by atoms with Crippen LogP contribution in [0.5, 0.6) is 0 Å². The van der Waals surface area contributed by atoms with E-state index in [-0.39, 0.29) is 0 Å². The molecule has 0 aliphatic carbocycles. The first kappa shape index (κ1) is 10.0. The summed E-state index contributed by atoms with van der Waals surface area (Å²) in [7, 11) is 1.94. The molecule has 0 amide bonds. The average molecular weight is 222 g/mol. The van der Waals surface area contributed by atoms with Gasteiger partial charge in [-0.15, -0.1) is 0 Å². The zero-order chi connectivity index (χ0) is 9.14. The van der Waals surface area contributed by atoms with Crippen LogP contribution in [-0.2, 0) is 0 Å². The number of hydrogen-bond donors (Lipinski definition) is 1. The summed E-state index contributed by atoms with van der Waals surface area (Å²) < 4.78 is 0. The maximum Gasteiger partial charge on any atom is 0.0612 e. The zero-order valence-electron chi connectivity index (χ0n) is 6.59. The fourth-order valence-electron chi connectivity index (χ4n) is 0.804. The number of benzene rings is 1. The van der Waals surface area contributed by atoms with Gasteiger partial charge in [-0.3, -0.25) is 0 Å². The Bertz CT molecular complexity index is 278.